The van der Waals surface area contributed by atoms with Crippen LogP contribution in [0.5, 0.6) is 0 Å². The van der Waals surface area contributed by atoms with Crippen molar-refractivity contribution in [3.63, 3.8) is 0 Å². The van der Waals surface area contributed by atoms with Gasteiger partial charge in [0, 0.05) is 18.7 Å². The maximum absolute atomic E-state index is 14.3. The molecule has 3 rings (SSSR count). The number of ketones is 1. The standard InChI is InChI=1S/C20H19F2NO6S/c1-13(19(24)14-2-5-16(21)6-3-14)29-20(25)15-4-7-17(22)18(12-15)30(26,27)23-8-10-28-11-9-23/h2-7,12-13H,8-11H2,1H3. The summed E-state index contributed by atoms with van der Waals surface area (Å²) < 4.78 is 64.0. The molecular formula is C20H19F2NO6S. The number of Topliss-reactive ketones (excluding diaryl/α,β-unsaturated/α-hetero) is 1. The van der Waals surface area contributed by atoms with E-state index in [0.717, 1.165) is 34.6 Å². The van der Waals surface area contributed by atoms with E-state index in [1.165, 1.54) is 19.1 Å². The predicted molar refractivity (Wildman–Crippen MR) is 102 cm³/mol. The van der Waals surface area contributed by atoms with Crippen LogP contribution >= 0.6 is 0 Å². The summed E-state index contributed by atoms with van der Waals surface area (Å²) in [5, 5.41) is 0. The Labute approximate surface area is 172 Å². The van der Waals surface area contributed by atoms with E-state index in [-0.39, 0.29) is 37.4 Å². The number of nitrogens with zero attached hydrogens (tertiary/aromatic N) is 1. The van der Waals surface area contributed by atoms with Gasteiger partial charge < -0.3 is 9.47 Å². The van der Waals surface area contributed by atoms with Gasteiger partial charge in [0.1, 0.15) is 16.5 Å². The second-order valence-electron chi connectivity index (χ2n) is 6.58. The van der Waals surface area contributed by atoms with Gasteiger partial charge in [-0.05, 0) is 49.4 Å². The van der Waals surface area contributed by atoms with Gasteiger partial charge in [0.15, 0.2) is 6.10 Å². The number of halogens is 2. The van der Waals surface area contributed by atoms with Gasteiger partial charge in [0.05, 0.1) is 18.8 Å². The Morgan fingerprint density at radius 1 is 1.03 bits per heavy atom. The van der Waals surface area contributed by atoms with Crippen LogP contribution in [0.25, 0.3) is 0 Å². The number of ether oxygens (including phenoxy) is 2. The number of carbonyl (C=O) groups is 2. The first-order valence-electron chi connectivity index (χ1n) is 9.08. The van der Waals surface area contributed by atoms with E-state index in [0.29, 0.717) is 0 Å². The molecule has 0 spiro atoms. The lowest BCUT2D eigenvalue weighted by Crippen LogP contribution is -2.41. The van der Waals surface area contributed by atoms with Gasteiger partial charge in [-0.25, -0.2) is 22.0 Å². The minimum absolute atomic E-state index is 0.0691. The normalized spacial score (nSPS) is 16.1. The number of esters is 1. The second kappa shape index (κ2) is 8.99. The van der Waals surface area contributed by atoms with Crippen molar-refractivity contribution in [3.05, 3.63) is 65.2 Å². The molecule has 0 saturated carbocycles. The zero-order valence-electron chi connectivity index (χ0n) is 16.0. The smallest absolute Gasteiger partial charge is 0.338 e. The van der Waals surface area contributed by atoms with Crippen molar-refractivity contribution in [2.24, 2.45) is 0 Å². The molecule has 7 nitrogen and oxygen atoms in total. The molecule has 1 aliphatic heterocycles. The van der Waals surface area contributed by atoms with E-state index < -0.39 is 44.4 Å². The Bertz CT molecular complexity index is 1050. The van der Waals surface area contributed by atoms with Crippen molar-refractivity contribution in [2.45, 2.75) is 17.9 Å². The maximum Gasteiger partial charge on any atom is 0.338 e. The van der Waals surface area contributed by atoms with E-state index in [1.807, 2.05) is 0 Å². The quantitative estimate of drug-likeness (QED) is 0.507. The number of sulfonamides is 1. The summed E-state index contributed by atoms with van der Waals surface area (Å²) in [4.78, 5) is 24.1. The predicted octanol–water partition coefficient (Wildman–Crippen LogP) is 2.41. The number of rotatable bonds is 6. The topological polar surface area (TPSA) is 90.0 Å². The molecule has 1 heterocycles. The summed E-state index contributed by atoms with van der Waals surface area (Å²) in [5.74, 6) is -3.08. The average Bonchev–Trinajstić information content (AvgIpc) is 2.74. The van der Waals surface area contributed by atoms with Crippen LogP contribution in [-0.2, 0) is 19.5 Å². The van der Waals surface area contributed by atoms with Crippen LogP contribution in [0.2, 0.25) is 0 Å². The molecule has 1 unspecified atom stereocenters. The molecule has 2 aromatic rings. The van der Waals surface area contributed by atoms with Crippen LogP contribution in [0.4, 0.5) is 8.78 Å². The fraction of sp³-hybridized carbons (Fsp3) is 0.300. The zero-order chi connectivity index (χ0) is 21.9. The van der Waals surface area contributed by atoms with Crippen molar-refractivity contribution in [3.8, 4) is 0 Å². The van der Waals surface area contributed by atoms with Crippen LogP contribution in [0.15, 0.2) is 47.4 Å². The van der Waals surface area contributed by atoms with Gasteiger partial charge in [-0.15, -0.1) is 0 Å². The lowest BCUT2D eigenvalue weighted by atomic mass is 10.1. The van der Waals surface area contributed by atoms with Crippen LogP contribution in [0.1, 0.15) is 27.6 Å². The number of morpholine rings is 1. The highest BCUT2D eigenvalue weighted by atomic mass is 32.2. The van der Waals surface area contributed by atoms with E-state index in [1.54, 1.807) is 0 Å². The molecule has 0 amide bonds. The monoisotopic (exact) mass is 439 g/mol. The molecule has 0 bridgehead atoms. The van der Waals surface area contributed by atoms with Gasteiger partial charge in [-0.2, -0.15) is 4.31 Å². The van der Waals surface area contributed by atoms with Gasteiger partial charge in [-0.1, -0.05) is 0 Å². The largest absolute Gasteiger partial charge is 0.451 e. The summed E-state index contributed by atoms with van der Waals surface area (Å²) >= 11 is 0. The third kappa shape index (κ3) is 4.72. The second-order valence-corrected chi connectivity index (χ2v) is 8.49. The molecule has 1 fully saturated rings. The fourth-order valence-corrected chi connectivity index (χ4v) is 4.38. The summed E-state index contributed by atoms with van der Waals surface area (Å²) in [6.45, 7) is 1.84. The lowest BCUT2D eigenvalue weighted by molar-refractivity contribution is 0.0318. The highest BCUT2D eigenvalue weighted by Gasteiger charge is 2.30. The molecule has 1 saturated heterocycles. The molecule has 2 aromatic carbocycles. The van der Waals surface area contributed by atoms with E-state index in [9.17, 15) is 26.8 Å². The number of hydrogen-bond acceptors (Lipinski definition) is 6. The Morgan fingerprint density at radius 2 is 1.63 bits per heavy atom. The summed E-state index contributed by atoms with van der Waals surface area (Å²) in [6, 6.07) is 7.54. The number of benzene rings is 2. The molecule has 0 radical (unpaired) electrons. The van der Waals surface area contributed by atoms with Crippen LogP contribution < -0.4 is 0 Å². The van der Waals surface area contributed by atoms with Gasteiger partial charge in [0.2, 0.25) is 15.8 Å². The molecule has 10 heteroatoms. The van der Waals surface area contributed by atoms with Crippen molar-refractivity contribution < 1.29 is 36.3 Å². The van der Waals surface area contributed by atoms with Crippen molar-refractivity contribution in [2.75, 3.05) is 26.3 Å². The minimum Gasteiger partial charge on any atom is -0.451 e. The van der Waals surface area contributed by atoms with Crippen molar-refractivity contribution >= 4 is 21.8 Å². The van der Waals surface area contributed by atoms with Crippen LogP contribution in [0.3, 0.4) is 0 Å². The van der Waals surface area contributed by atoms with Gasteiger partial charge in [0.25, 0.3) is 0 Å². The van der Waals surface area contributed by atoms with E-state index >= 15 is 0 Å². The van der Waals surface area contributed by atoms with Crippen molar-refractivity contribution in [1.82, 2.24) is 4.31 Å². The van der Waals surface area contributed by atoms with E-state index in [4.69, 9.17) is 9.47 Å². The summed E-state index contributed by atoms with van der Waals surface area (Å²) in [5.41, 5.74) is -0.0756. The molecule has 160 valence electrons. The Kier molecular flexibility index (Phi) is 6.59. The Hall–Kier alpha value is -2.69. The molecule has 0 aliphatic carbocycles. The first-order chi connectivity index (χ1) is 14.2. The molecule has 0 aromatic heterocycles. The average molecular weight is 439 g/mol. The first-order valence-corrected chi connectivity index (χ1v) is 10.5. The SMILES string of the molecule is CC(OC(=O)c1ccc(F)c(S(=O)(=O)N2CCOCC2)c1)C(=O)c1ccc(F)cc1. The Morgan fingerprint density at radius 3 is 2.27 bits per heavy atom. The first kappa shape index (κ1) is 22.0. The minimum atomic E-state index is -4.17. The van der Waals surface area contributed by atoms with Gasteiger partial charge in [-0.3, -0.25) is 4.79 Å². The van der Waals surface area contributed by atoms with E-state index in [2.05, 4.69) is 0 Å². The maximum atomic E-state index is 14.3. The molecular weight excluding hydrogens is 420 g/mol. The van der Waals surface area contributed by atoms with Crippen molar-refractivity contribution in [1.29, 1.82) is 0 Å². The Balaban J connectivity index is 1.78. The zero-order valence-corrected chi connectivity index (χ0v) is 16.8. The molecule has 1 aliphatic rings. The highest BCUT2D eigenvalue weighted by Crippen LogP contribution is 2.22. The highest BCUT2D eigenvalue weighted by molar-refractivity contribution is 7.89. The molecule has 1 atom stereocenters. The van der Waals surface area contributed by atoms with Crippen LogP contribution in [-0.4, -0.2) is 56.9 Å². The molecule has 0 N–H and O–H groups in total. The number of hydrogen-bond donors (Lipinski definition) is 0. The summed E-state index contributed by atoms with van der Waals surface area (Å²) in [6.07, 6.45) is -1.22. The van der Waals surface area contributed by atoms with Gasteiger partial charge >= 0.3 is 5.97 Å². The summed E-state index contributed by atoms with van der Waals surface area (Å²) in [7, 11) is -4.17. The lowest BCUT2D eigenvalue weighted by Gasteiger charge is -2.26. The number of carbonyl (C=O) groups excluding carboxylic acids is 2. The fourth-order valence-electron chi connectivity index (χ4n) is 2.89. The third-order valence-corrected chi connectivity index (χ3v) is 6.45. The third-order valence-electron chi connectivity index (χ3n) is 4.54. The molecule has 30 heavy (non-hydrogen) atoms. The van der Waals surface area contributed by atoms with Crippen LogP contribution in [0, 0.1) is 11.6 Å².